The Bertz CT molecular complexity index is 1240. The molecule has 2 saturated heterocycles. The summed E-state index contributed by atoms with van der Waals surface area (Å²) >= 11 is 0. The number of rotatable bonds is 47. The van der Waals surface area contributed by atoms with Crippen molar-refractivity contribution >= 4 is 5.91 Å². The van der Waals surface area contributed by atoms with Gasteiger partial charge in [0, 0.05) is 6.42 Å². The lowest BCUT2D eigenvalue weighted by Gasteiger charge is -2.46. The molecule has 0 spiro atoms. The number of hydrogen-bond donors (Lipinski definition) is 9. The molecule has 2 heterocycles. The first kappa shape index (κ1) is 65.8. The van der Waals surface area contributed by atoms with Crippen molar-refractivity contribution in [2.75, 3.05) is 19.8 Å². The minimum absolute atomic E-state index is 0.242. The first-order valence-electron chi connectivity index (χ1n) is 29.4. The highest BCUT2D eigenvalue weighted by Gasteiger charge is 2.51. The zero-order valence-corrected chi connectivity index (χ0v) is 45.0. The van der Waals surface area contributed by atoms with Gasteiger partial charge in [-0.05, 0) is 19.3 Å². The van der Waals surface area contributed by atoms with Gasteiger partial charge in [-0.2, -0.15) is 0 Å². The smallest absolute Gasteiger partial charge is 0.220 e. The molecule has 9 N–H and O–H groups in total. The Labute approximate surface area is 431 Å². The van der Waals surface area contributed by atoms with E-state index in [1.54, 1.807) is 6.08 Å². The lowest BCUT2D eigenvalue weighted by Crippen LogP contribution is -2.65. The molecule has 0 aromatic heterocycles. The fraction of sp³-hybridized carbons (Fsp3) is 0.947. The third-order valence-corrected chi connectivity index (χ3v) is 14.7. The molecule has 2 rings (SSSR count). The summed E-state index contributed by atoms with van der Waals surface area (Å²) in [6, 6.07) is -0.906. The van der Waals surface area contributed by atoms with E-state index in [0.29, 0.717) is 6.42 Å². The number of allylic oxidation sites excluding steroid dienone is 1. The highest BCUT2D eigenvalue weighted by Crippen LogP contribution is 2.30. The van der Waals surface area contributed by atoms with E-state index < -0.39 is 86.8 Å². The van der Waals surface area contributed by atoms with Crippen LogP contribution in [0.2, 0.25) is 0 Å². The van der Waals surface area contributed by atoms with Crippen molar-refractivity contribution in [1.29, 1.82) is 0 Å². The van der Waals surface area contributed by atoms with E-state index in [1.807, 2.05) is 6.08 Å². The molecule has 12 unspecified atom stereocenters. The van der Waals surface area contributed by atoms with Crippen molar-refractivity contribution in [1.82, 2.24) is 5.32 Å². The molecular formula is C57H109NO13. The number of carbonyl (C=O) groups excluding carboxylic acids is 1. The quantitative estimate of drug-likeness (QED) is 0.0205. The van der Waals surface area contributed by atoms with E-state index in [2.05, 4.69) is 19.2 Å². The summed E-state index contributed by atoms with van der Waals surface area (Å²) in [7, 11) is 0. The lowest BCUT2D eigenvalue weighted by atomic mass is 9.97. The number of aliphatic hydroxyl groups excluding tert-OH is 8. The highest BCUT2D eigenvalue weighted by molar-refractivity contribution is 5.76. The van der Waals surface area contributed by atoms with Crippen molar-refractivity contribution in [3.8, 4) is 0 Å². The molecule has 14 heteroatoms. The summed E-state index contributed by atoms with van der Waals surface area (Å²) in [5.74, 6) is -0.242. The van der Waals surface area contributed by atoms with Gasteiger partial charge in [0.15, 0.2) is 12.6 Å². The Morgan fingerprint density at radius 2 is 0.873 bits per heavy atom. The van der Waals surface area contributed by atoms with Gasteiger partial charge >= 0.3 is 0 Å². The molecule has 1 amide bonds. The molecule has 0 radical (unpaired) electrons. The van der Waals surface area contributed by atoms with Crippen LogP contribution in [0.3, 0.4) is 0 Å². The molecule has 0 aromatic carbocycles. The Hall–Kier alpha value is -1.27. The molecule has 2 aliphatic rings. The fourth-order valence-corrected chi connectivity index (χ4v) is 9.94. The zero-order chi connectivity index (χ0) is 51.7. The molecule has 14 nitrogen and oxygen atoms in total. The topological polar surface area (TPSA) is 228 Å². The van der Waals surface area contributed by atoms with Crippen molar-refractivity contribution in [3.05, 3.63) is 12.2 Å². The predicted molar refractivity (Wildman–Crippen MR) is 282 cm³/mol. The number of hydrogen-bond acceptors (Lipinski definition) is 13. The molecule has 420 valence electrons. The van der Waals surface area contributed by atoms with Gasteiger partial charge in [-0.25, -0.2) is 0 Å². The summed E-state index contributed by atoms with van der Waals surface area (Å²) in [6.45, 7) is 2.69. The Morgan fingerprint density at radius 1 is 0.493 bits per heavy atom. The second-order valence-corrected chi connectivity index (χ2v) is 21.1. The van der Waals surface area contributed by atoms with Crippen LogP contribution in [0.15, 0.2) is 12.2 Å². The van der Waals surface area contributed by atoms with Crippen molar-refractivity contribution in [3.63, 3.8) is 0 Å². The number of carbonyl (C=O) groups is 1. The number of unbranched alkanes of at least 4 members (excludes halogenated alkanes) is 34. The fourth-order valence-electron chi connectivity index (χ4n) is 9.94. The van der Waals surface area contributed by atoms with Crippen LogP contribution in [0.25, 0.3) is 0 Å². The van der Waals surface area contributed by atoms with E-state index in [4.69, 9.17) is 18.9 Å². The third kappa shape index (κ3) is 30.2. The molecule has 2 aliphatic heterocycles. The molecule has 0 aromatic rings. The van der Waals surface area contributed by atoms with E-state index in [0.717, 1.165) is 44.9 Å². The van der Waals surface area contributed by atoms with Crippen LogP contribution in [-0.2, 0) is 23.7 Å². The summed E-state index contributed by atoms with van der Waals surface area (Å²) in [4.78, 5) is 13.1. The highest BCUT2D eigenvalue weighted by atomic mass is 16.7. The van der Waals surface area contributed by atoms with Gasteiger partial charge in [-0.1, -0.05) is 238 Å². The maximum atomic E-state index is 13.1. The van der Waals surface area contributed by atoms with Gasteiger partial charge in [-0.15, -0.1) is 0 Å². The molecular weight excluding hydrogens is 907 g/mol. The van der Waals surface area contributed by atoms with Gasteiger partial charge in [0.2, 0.25) is 5.91 Å². The zero-order valence-electron chi connectivity index (χ0n) is 45.0. The number of aliphatic hydroxyl groups is 8. The SMILES string of the molecule is CCCCC/C=C/C(O)C(COC1OC(CO)C(OC2OC(CO)C(O)C(O)C2O)C(O)C1O)NC(=O)CCCCCCCCCCCCCCCCCCCCCCCCCCCCCCCCCC. The Morgan fingerprint density at radius 3 is 1.30 bits per heavy atom. The van der Waals surface area contributed by atoms with Crippen molar-refractivity contribution in [2.24, 2.45) is 0 Å². The monoisotopic (exact) mass is 1020 g/mol. The van der Waals surface area contributed by atoms with E-state index in [-0.39, 0.29) is 18.9 Å². The van der Waals surface area contributed by atoms with Crippen molar-refractivity contribution < 1.29 is 64.6 Å². The van der Waals surface area contributed by atoms with Crippen LogP contribution >= 0.6 is 0 Å². The molecule has 0 bridgehead atoms. The predicted octanol–water partition coefficient (Wildman–Crippen LogP) is 9.50. The van der Waals surface area contributed by atoms with Gasteiger partial charge in [-0.3, -0.25) is 4.79 Å². The van der Waals surface area contributed by atoms with Gasteiger partial charge in [0.25, 0.3) is 0 Å². The average molecular weight is 1020 g/mol. The number of nitrogens with one attached hydrogen (secondary N) is 1. The van der Waals surface area contributed by atoms with E-state index in [1.165, 1.54) is 180 Å². The van der Waals surface area contributed by atoms with Gasteiger partial charge in [0.1, 0.15) is 48.8 Å². The largest absolute Gasteiger partial charge is 0.394 e. The average Bonchev–Trinajstić information content (AvgIpc) is 3.37. The van der Waals surface area contributed by atoms with Gasteiger partial charge < -0.3 is 65.1 Å². The van der Waals surface area contributed by atoms with Crippen LogP contribution in [0, 0.1) is 0 Å². The van der Waals surface area contributed by atoms with E-state index in [9.17, 15) is 45.6 Å². The minimum atomic E-state index is -1.78. The van der Waals surface area contributed by atoms with Crippen molar-refractivity contribution in [2.45, 2.75) is 325 Å². The summed E-state index contributed by atoms with van der Waals surface area (Å²) in [5.41, 5.74) is 0. The van der Waals surface area contributed by atoms with Crippen LogP contribution < -0.4 is 5.32 Å². The number of ether oxygens (including phenoxy) is 4. The van der Waals surface area contributed by atoms with E-state index >= 15 is 0 Å². The van der Waals surface area contributed by atoms with Crippen LogP contribution in [0.5, 0.6) is 0 Å². The summed E-state index contributed by atoms with van der Waals surface area (Å²) < 4.78 is 22.6. The maximum Gasteiger partial charge on any atom is 0.220 e. The lowest BCUT2D eigenvalue weighted by molar-refractivity contribution is -0.359. The second-order valence-electron chi connectivity index (χ2n) is 21.1. The Kier molecular flexibility index (Phi) is 40.7. The first-order valence-corrected chi connectivity index (χ1v) is 29.4. The summed E-state index contributed by atoms with van der Waals surface area (Å²) in [5, 5.41) is 86.3. The minimum Gasteiger partial charge on any atom is -0.394 e. The molecule has 12 atom stereocenters. The third-order valence-electron chi connectivity index (χ3n) is 14.7. The normalized spacial score (nSPS) is 25.8. The number of amides is 1. The van der Waals surface area contributed by atoms with Crippen LogP contribution in [-0.4, -0.2) is 140 Å². The first-order chi connectivity index (χ1) is 34.6. The standard InChI is InChI=1S/C57H109NO13/c1-3-5-7-9-10-11-12-13-14-15-16-17-18-19-20-21-22-23-24-25-26-27-28-29-30-31-32-33-34-35-37-39-41-49(62)58-45(46(61)40-38-36-8-6-4-2)44-68-56-54(67)52(65)55(48(43-60)70-56)71-57-53(66)51(64)50(63)47(42-59)69-57/h38,40,45-48,50-57,59-61,63-67H,3-37,39,41-44H2,1-2H3,(H,58,62)/b40-38+. The van der Waals surface area contributed by atoms with Crippen LogP contribution in [0.4, 0.5) is 0 Å². The van der Waals surface area contributed by atoms with Gasteiger partial charge in [0.05, 0.1) is 32.0 Å². The molecule has 0 saturated carbocycles. The summed E-state index contributed by atoms with van der Waals surface area (Å²) in [6.07, 6.45) is 33.6. The van der Waals surface area contributed by atoms with Crippen LogP contribution in [0.1, 0.15) is 251 Å². The Balaban J connectivity index is 1.53. The molecule has 2 fully saturated rings. The molecule has 0 aliphatic carbocycles. The maximum absolute atomic E-state index is 13.1. The molecule has 71 heavy (non-hydrogen) atoms. The second kappa shape index (κ2) is 43.9.